The van der Waals surface area contributed by atoms with Crippen molar-refractivity contribution in [1.29, 1.82) is 0 Å². The maximum absolute atomic E-state index is 13.4. The zero-order valence-corrected chi connectivity index (χ0v) is 17.0. The Kier molecular flexibility index (Phi) is 5.70. The van der Waals surface area contributed by atoms with Gasteiger partial charge in [-0.1, -0.05) is 19.3 Å². The van der Waals surface area contributed by atoms with Gasteiger partial charge in [0.15, 0.2) is 5.78 Å². The number of aromatic amines is 2. The van der Waals surface area contributed by atoms with Crippen LogP contribution in [-0.2, 0) is 9.59 Å². The van der Waals surface area contributed by atoms with Crippen LogP contribution in [0.25, 0.3) is 11.0 Å². The Balaban J connectivity index is 1.79. The second kappa shape index (κ2) is 8.57. The number of nitrogens with one attached hydrogen (secondary N) is 2. The number of nitrogens with zero attached hydrogens (tertiary/aromatic N) is 2. The van der Waals surface area contributed by atoms with Crippen LogP contribution in [0.5, 0.6) is 0 Å². The minimum Gasteiger partial charge on any atom is -0.515 e. The van der Waals surface area contributed by atoms with Crippen molar-refractivity contribution in [1.82, 2.24) is 15.0 Å². The highest BCUT2D eigenvalue weighted by Crippen LogP contribution is 2.37. The number of hydrogen-bond donors (Lipinski definition) is 3. The molecule has 0 radical (unpaired) electrons. The first-order valence-corrected chi connectivity index (χ1v) is 10.3. The van der Waals surface area contributed by atoms with Crippen LogP contribution in [0.3, 0.4) is 0 Å². The molecule has 3 N–H and O–H groups in total. The predicted molar refractivity (Wildman–Crippen MR) is 115 cm³/mol. The Morgan fingerprint density at radius 1 is 1.20 bits per heavy atom. The molecule has 0 aliphatic heterocycles. The molecule has 1 atom stereocenters. The minimum absolute atomic E-state index is 0.0920. The summed E-state index contributed by atoms with van der Waals surface area (Å²) in [6.45, 7) is 1.47. The number of carbonyl (C=O) groups is 2. The van der Waals surface area contributed by atoms with Gasteiger partial charge in [-0.3, -0.25) is 14.5 Å². The van der Waals surface area contributed by atoms with E-state index in [4.69, 9.17) is 0 Å². The molecule has 1 aromatic carbocycles. The molecule has 1 aliphatic rings. The summed E-state index contributed by atoms with van der Waals surface area (Å²) in [6.07, 6.45) is 9.00. The third-order valence-corrected chi connectivity index (χ3v) is 5.89. The molecule has 0 saturated heterocycles. The molecule has 156 valence electrons. The van der Waals surface area contributed by atoms with E-state index in [-0.39, 0.29) is 23.2 Å². The van der Waals surface area contributed by atoms with Crippen LogP contribution in [0, 0.1) is 5.92 Å². The zero-order chi connectivity index (χ0) is 21.1. The number of fused-ring (bicyclic) bond motifs is 1. The molecule has 1 amide bonds. The average Bonchev–Trinajstić information content (AvgIpc) is 3.45. The largest absolute Gasteiger partial charge is 0.515 e. The Morgan fingerprint density at radius 2 is 2.00 bits per heavy atom. The van der Waals surface area contributed by atoms with E-state index < -0.39 is 6.04 Å². The first kappa shape index (κ1) is 19.9. The highest BCUT2D eigenvalue weighted by Gasteiger charge is 2.35. The van der Waals surface area contributed by atoms with Crippen LogP contribution in [0.2, 0.25) is 0 Å². The number of amides is 1. The highest BCUT2D eigenvalue weighted by molar-refractivity contribution is 6.02. The van der Waals surface area contributed by atoms with Crippen molar-refractivity contribution in [3.63, 3.8) is 0 Å². The van der Waals surface area contributed by atoms with E-state index in [9.17, 15) is 14.7 Å². The monoisotopic (exact) mass is 406 g/mol. The average molecular weight is 406 g/mol. The van der Waals surface area contributed by atoms with Crippen molar-refractivity contribution in [2.75, 3.05) is 4.90 Å². The van der Waals surface area contributed by atoms with Crippen molar-refractivity contribution in [2.24, 2.45) is 5.92 Å². The minimum atomic E-state index is -0.753. The first-order valence-electron chi connectivity index (χ1n) is 10.3. The summed E-state index contributed by atoms with van der Waals surface area (Å²) in [5.74, 6) is -0.451. The van der Waals surface area contributed by atoms with Crippen LogP contribution in [-0.4, -0.2) is 31.7 Å². The van der Waals surface area contributed by atoms with E-state index in [0.29, 0.717) is 11.4 Å². The Morgan fingerprint density at radius 3 is 2.67 bits per heavy atom. The fourth-order valence-corrected chi connectivity index (χ4v) is 4.42. The van der Waals surface area contributed by atoms with Crippen molar-refractivity contribution >= 4 is 28.4 Å². The maximum atomic E-state index is 13.4. The van der Waals surface area contributed by atoms with Crippen molar-refractivity contribution in [3.05, 3.63) is 60.4 Å². The Bertz CT molecular complexity index is 1060. The summed E-state index contributed by atoms with van der Waals surface area (Å²) in [7, 11) is 0. The lowest BCUT2D eigenvalue weighted by Crippen LogP contribution is -2.37. The number of hydrogen-bond acceptors (Lipinski definition) is 4. The molecule has 2 heterocycles. The number of ketones is 1. The molecule has 1 aliphatic carbocycles. The van der Waals surface area contributed by atoms with Gasteiger partial charge >= 0.3 is 0 Å². The molecule has 7 nitrogen and oxygen atoms in total. The van der Waals surface area contributed by atoms with Gasteiger partial charge in [0, 0.05) is 30.4 Å². The molecule has 4 rings (SSSR count). The number of imidazole rings is 1. The predicted octanol–water partition coefficient (Wildman–Crippen LogP) is 4.58. The smallest absolute Gasteiger partial charge is 0.224 e. The molecular formula is C23H26N4O3. The van der Waals surface area contributed by atoms with Gasteiger partial charge in [-0.05, 0) is 43.2 Å². The Labute approximate surface area is 174 Å². The number of benzene rings is 1. The van der Waals surface area contributed by atoms with Crippen LogP contribution >= 0.6 is 0 Å². The number of carbonyl (C=O) groups excluding carboxylic acids is 2. The third-order valence-electron chi connectivity index (χ3n) is 5.89. The molecule has 0 bridgehead atoms. The second-order valence-corrected chi connectivity index (χ2v) is 7.80. The van der Waals surface area contributed by atoms with Gasteiger partial charge in [-0.2, -0.15) is 0 Å². The van der Waals surface area contributed by atoms with E-state index in [1.165, 1.54) is 6.92 Å². The normalized spacial score (nSPS) is 16.5. The molecule has 30 heavy (non-hydrogen) atoms. The second-order valence-electron chi connectivity index (χ2n) is 7.80. The lowest BCUT2D eigenvalue weighted by Gasteiger charge is -2.33. The number of aliphatic hydroxyl groups is 1. The number of aromatic nitrogens is 3. The van der Waals surface area contributed by atoms with Gasteiger partial charge in [0.25, 0.3) is 0 Å². The molecular weight excluding hydrogens is 380 g/mol. The summed E-state index contributed by atoms with van der Waals surface area (Å²) in [5, 5.41) is 10.2. The Hall–Kier alpha value is -3.35. The molecule has 2 aromatic heterocycles. The molecule has 7 heteroatoms. The van der Waals surface area contributed by atoms with Crippen LogP contribution < -0.4 is 4.90 Å². The lowest BCUT2D eigenvalue weighted by molar-refractivity contribution is -0.120. The first-order chi connectivity index (χ1) is 14.6. The highest BCUT2D eigenvalue weighted by atomic mass is 16.2. The zero-order valence-electron chi connectivity index (χ0n) is 17.0. The van der Waals surface area contributed by atoms with Gasteiger partial charge < -0.3 is 15.1 Å². The summed E-state index contributed by atoms with van der Waals surface area (Å²) >= 11 is 0. The van der Waals surface area contributed by atoms with Gasteiger partial charge in [0.2, 0.25) is 5.91 Å². The van der Waals surface area contributed by atoms with Crippen molar-refractivity contribution in [2.45, 2.75) is 45.1 Å². The van der Waals surface area contributed by atoms with E-state index in [2.05, 4.69) is 15.0 Å². The topological polar surface area (TPSA) is 102 Å². The standard InChI is InChI=1S/C23H26N4O3/c1-15(29)27(17-9-10-19-21(12-17)26-14-25-19)22(20-8-5-11-24-20)18(13-28)23(30)16-6-3-2-4-7-16/h5,8-14,16,22,24,28H,2-4,6-7H2,1H3,(H,25,26)/b18-13-. The van der Waals surface area contributed by atoms with Gasteiger partial charge in [-0.25, -0.2) is 4.98 Å². The lowest BCUT2D eigenvalue weighted by atomic mass is 9.81. The molecule has 0 spiro atoms. The van der Waals surface area contributed by atoms with E-state index in [0.717, 1.165) is 49.4 Å². The molecule has 3 aromatic rings. The van der Waals surface area contributed by atoms with Crippen molar-refractivity contribution in [3.8, 4) is 0 Å². The maximum Gasteiger partial charge on any atom is 0.224 e. The van der Waals surface area contributed by atoms with Crippen LogP contribution in [0.4, 0.5) is 5.69 Å². The summed E-state index contributed by atoms with van der Waals surface area (Å²) < 4.78 is 0. The van der Waals surface area contributed by atoms with Gasteiger partial charge in [-0.15, -0.1) is 0 Å². The fraction of sp³-hybridized carbons (Fsp3) is 0.348. The number of rotatable bonds is 6. The number of aliphatic hydroxyl groups excluding tert-OH is 1. The third kappa shape index (κ3) is 3.75. The van der Waals surface area contributed by atoms with Gasteiger partial charge in [0.05, 0.1) is 29.2 Å². The van der Waals surface area contributed by atoms with E-state index >= 15 is 0 Å². The van der Waals surface area contributed by atoms with Crippen molar-refractivity contribution < 1.29 is 14.7 Å². The van der Waals surface area contributed by atoms with Crippen LogP contribution in [0.15, 0.2) is 54.7 Å². The van der Waals surface area contributed by atoms with E-state index in [1.807, 2.05) is 24.3 Å². The van der Waals surface area contributed by atoms with E-state index in [1.54, 1.807) is 23.5 Å². The summed E-state index contributed by atoms with van der Waals surface area (Å²) in [5.41, 5.74) is 3.09. The molecule has 1 saturated carbocycles. The quantitative estimate of drug-likeness (QED) is 0.412. The molecule has 1 fully saturated rings. The summed E-state index contributed by atoms with van der Waals surface area (Å²) in [6, 6.07) is 8.36. The summed E-state index contributed by atoms with van der Waals surface area (Å²) in [4.78, 5) is 38.2. The SMILES string of the molecule is CC(=O)N(c1ccc2nc[nH]c2c1)C(/C(=C/O)C(=O)C1CCCCC1)c1ccc[nH]1. The van der Waals surface area contributed by atoms with Crippen LogP contribution in [0.1, 0.15) is 50.8 Å². The number of H-pyrrole nitrogens is 2. The fourth-order valence-electron chi connectivity index (χ4n) is 4.42. The number of anilines is 1. The molecule has 1 unspecified atom stereocenters. The number of Topliss-reactive ketones (excluding diaryl/α,β-unsaturated/α-hetero) is 1. The van der Waals surface area contributed by atoms with Gasteiger partial charge in [0.1, 0.15) is 6.04 Å².